The smallest absolute Gasteiger partial charge is 0.193 e. The molecular formula is C40H44NOPSi. The van der Waals surface area contributed by atoms with E-state index < -0.39 is 16.2 Å². The van der Waals surface area contributed by atoms with Crippen molar-refractivity contribution in [3.05, 3.63) is 155 Å². The summed E-state index contributed by atoms with van der Waals surface area (Å²) in [4.78, 5) is 4.84. The number of benzene rings is 4. The molecule has 0 saturated heterocycles. The summed E-state index contributed by atoms with van der Waals surface area (Å²) in [6.45, 7) is 11.7. The third-order valence-corrected chi connectivity index (χ3v) is 16.4. The Bertz CT molecular complexity index is 1660. The van der Waals surface area contributed by atoms with Crippen LogP contribution in [-0.2, 0) is 30.1 Å². The molecule has 0 N–H and O–H groups in total. The molecule has 0 fully saturated rings. The third-order valence-electron chi connectivity index (χ3n) is 9.45. The Hall–Kier alpha value is -3.36. The van der Waals surface area contributed by atoms with Crippen molar-refractivity contribution in [2.75, 3.05) is 0 Å². The highest BCUT2D eigenvalue weighted by atomic mass is 31.1. The van der Waals surface area contributed by atoms with Crippen molar-refractivity contribution in [3.8, 4) is 0 Å². The molecule has 0 unspecified atom stereocenters. The molecule has 1 aromatic heterocycles. The second kappa shape index (κ2) is 12.9. The lowest BCUT2D eigenvalue weighted by molar-refractivity contribution is 0.216. The summed E-state index contributed by atoms with van der Waals surface area (Å²) in [5, 5.41) is 4.42. The van der Waals surface area contributed by atoms with Gasteiger partial charge in [0.15, 0.2) is 8.32 Å². The predicted octanol–water partition coefficient (Wildman–Crippen LogP) is 8.83. The second-order valence-corrected chi connectivity index (χ2v) is 20.5. The van der Waals surface area contributed by atoms with Crippen molar-refractivity contribution >= 4 is 32.2 Å². The summed E-state index contributed by atoms with van der Waals surface area (Å²) in [6.07, 6.45) is 5.68. The van der Waals surface area contributed by atoms with Gasteiger partial charge < -0.3 is 4.43 Å². The predicted molar refractivity (Wildman–Crippen MR) is 191 cm³/mol. The zero-order valence-electron chi connectivity index (χ0n) is 26.8. The first-order valence-electron chi connectivity index (χ1n) is 15.9. The SMILES string of the molecule is CC(C)(C)[Si](C)(C)O[C@H](c1ccccn1)c1cc2ccc1CCc1ccc(c(P(c3ccccc3)c3ccccc3)c1)CC2. The van der Waals surface area contributed by atoms with Crippen LogP contribution in [-0.4, -0.2) is 13.3 Å². The molecule has 0 amide bonds. The molecule has 1 atom stereocenters. The van der Waals surface area contributed by atoms with Gasteiger partial charge in [-0.25, -0.2) is 0 Å². The van der Waals surface area contributed by atoms with Gasteiger partial charge in [0.1, 0.15) is 6.10 Å². The van der Waals surface area contributed by atoms with Crippen LogP contribution >= 0.6 is 7.92 Å². The molecule has 0 radical (unpaired) electrons. The van der Waals surface area contributed by atoms with Gasteiger partial charge in [0.25, 0.3) is 0 Å². The van der Waals surface area contributed by atoms with E-state index in [0.717, 1.165) is 31.4 Å². The maximum absolute atomic E-state index is 7.22. The van der Waals surface area contributed by atoms with Crippen molar-refractivity contribution < 1.29 is 4.43 Å². The Balaban J connectivity index is 1.41. The highest BCUT2D eigenvalue weighted by Gasteiger charge is 2.40. The molecule has 9 rings (SSSR count). The topological polar surface area (TPSA) is 22.1 Å². The van der Waals surface area contributed by atoms with Crippen LogP contribution in [0.5, 0.6) is 0 Å². The zero-order valence-corrected chi connectivity index (χ0v) is 28.6. The second-order valence-electron chi connectivity index (χ2n) is 13.5. The minimum atomic E-state index is -2.09. The van der Waals surface area contributed by atoms with Gasteiger partial charge in [-0.1, -0.05) is 124 Å². The fraction of sp³-hybridized carbons (Fsp3) is 0.275. The lowest BCUT2D eigenvalue weighted by Crippen LogP contribution is -2.42. The van der Waals surface area contributed by atoms with Crippen LogP contribution in [0.25, 0.3) is 0 Å². The van der Waals surface area contributed by atoms with Crippen molar-refractivity contribution in [2.45, 2.75) is 70.7 Å². The molecule has 4 bridgehead atoms. The van der Waals surface area contributed by atoms with Gasteiger partial charge >= 0.3 is 0 Å². The molecule has 1 heterocycles. The Morgan fingerprint density at radius 1 is 0.659 bits per heavy atom. The van der Waals surface area contributed by atoms with Crippen molar-refractivity contribution in [1.29, 1.82) is 0 Å². The maximum atomic E-state index is 7.22. The van der Waals surface area contributed by atoms with Crippen LogP contribution in [0.4, 0.5) is 0 Å². The van der Waals surface area contributed by atoms with Crippen LogP contribution < -0.4 is 15.9 Å². The van der Waals surface area contributed by atoms with E-state index in [-0.39, 0.29) is 11.1 Å². The molecule has 4 aromatic carbocycles. The molecule has 0 aliphatic heterocycles. The molecular weight excluding hydrogens is 570 g/mol. The molecule has 224 valence electrons. The Morgan fingerprint density at radius 2 is 1.23 bits per heavy atom. The normalized spacial score (nSPS) is 14.3. The van der Waals surface area contributed by atoms with Crippen molar-refractivity contribution in [2.24, 2.45) is 0 Å². The molecule has 4 aliphatic carbocycles. The summed E-state index contributed by atoms with van der Waals surface area (Å²) in [5.74, 6) is 0. The molecule has 4 aliphatic rings. The largest absolute Gasteiger partial charge is 0.404 e. The van der Waals surface area contributed by atoms with E-state index in [1.54, 1.807) is 0 Å². The first-order valence-corrected chi connectivity index (χ1v) is 20.2. The number of aromatic nitrogens is 1. The van der Waals surface area contributed by atoms with Gasteiger partial charge in [-0.05, 0) is 108 Å². The summed E-state index contributed by atoms with van der Waals surface area (Å²) in [6, 6.07) is 42.9. The van der Waals surface area contributed by atoms with E-state index in [0.29, 0.717) is 0 Å². The van der Waals surface area contributed by atoms with Gasteiger partial charge in [-0.2, -0.15) is 0 Å². The molecule has 44 heavy (non-hydrogen) atoms. The Kier molecular flexibility index (Phi) is 9.01. The van der Waals surface area contributed by atoms with Gasteiger partial charge in [0.2, 0.25) is 0 Å². The number of nitrogens with zero attached hydrogens (tertiary/aromatic N) is 1. The minimum absolute atomic E-state index is 0.103. The standard InChI is InChI=1S/C40H44NOPSi/c1-40(2,3)44(4,5)42-39(37-18-12-13-27-41-37)36-28-30-19-23-32(36)24-20-31-22-26-33(25-21-30)38(29-31)43(34-14-8-6-9-15-34)35-16-10-7-11-17-35/h6-19,22-23,26-29,39H,20-21,24-25H2,1-5H3/t39-/m0/s1. The number of aryl methyl sites for hydroxylation is 4. The van der Waals surface area contributed by atoms with Crippen LogP contribution in [0.15, 0.2) is 121 Å². The summed E-state index contributed by atoms with van der Waals surface area (Å²) >= 11 is 0. The van der Waals surface area contributed by atoms with Gasteiger partial charge in [0, 0.05) is 6.20 Å². The molecule has 0 saturated carbocycles. The quantitative estimate of drug-likeness (QED) is 0.135. The van der Waals surface area contributed by atoms with Crippen LogP contribution in [0.2, 0.25) is 18.1 Å². The highest BCUT2D eigenvalue weighted by molar-refractivity contribution is 7.79. The van der Waals surface area contributed by atoms with E-state index >= 15 is 0 Å². The van der Waals surface area contributed by atoms with Gasteiger partial charge in [0.05, 0.1) is 5.69 Å². The monoisotopic (exact) mass is 613 g/mol. The zero-order chi connectivity index (χ0) is 30.7. The maximum Gasteiger partial charge on any atom is 0.193 e. The fourth-order valence-corrected chi connectivity index (χ4v) is 9.64. The lowest BCUT2D eigenvalue weighted by Gasteiger charge is -2.39. The molecule has 4 heteroatoms. The van der Waals surface area contributed by atoms with E-state index in [9.17, 15) is 0 Å². The molecule has 2 nitrogen and oxygen atoms in total. The molecule has 5 aromatic rings. The average Bonchev–Trinajstić information content (AvgIpc) is 3.02. The first kappa shape index (κ1) is 30.7. The van der Waals surface area contributed by atoms with Crippen LogP contribution in [0, 0.1) is 0 Å². The van der Waals surface area contributed by atoms with Gasteiger partial charge in [-0.15, -0.1) is 0 Å². The summed E-state index contributed by atoms with van der Waals surface area (Å²) in [5.41, 5.74) is 7.88. The first-order chi connectivity index (χ1) is 21.2. The van der Waals surface area contributed by atoms with Crippen LogP contribution in [0.1, 0.15) is 60.4 Å². The minimum Gasteiger partial charge on any atom is -0.404 e. The number of hydrogen-bond acceptors (Lipinski definition) is 2. The fourth-order valence-electron chi connectivity index (χ4n) is 5.88. The van der Waals surface area contributed by atoms with E-state index in [1.807, 2.05) is 12.3 Å². The van der Waals surface area contributed by atoms with E-state index in [2.05, 4.69) is 143 Å². The number of hydrogen-bond donors (Lipinski definition) is 0. The van der Waals surface area contributed by atoms with Gasteiger partial charge in [-0.3, -0.25) is 4.98 Å². The highest BCUT2D eigenvalue weighted by Crippen LogP contribution is 2.42. The average molecular weight is 614 g/mol. The summed E-state index contributed by atoms with van der Waals surface area (Å²) in [7, 11) is -2.74. The van der Waals surface area contributed by atoms with Crippen molar-refractivity contribution in [1.82, 2.24) is 4.98 Å². The Morgan fingerprint density at radius 3 is 1.82 bits per heavy atom. The van der Waals surface area contributed by atoms with Crippen molar-refractivity contribution in [3.63, 3.8) is 0 Å². The van der Waals surface area contributed by atoms with E-state index in [1.165, 1.54) is 43.7 Å². The Labute approximate surface area is 266 Å². The third kappa shape index (κ3) is 6.66. The number of pyridine rings is 1. The molecule has 0 spiro atoms. The lowest BCUT2D eigenvalue weighted by atomic mass is 9.90. The van der Waals surface area contributed by atoms with E-state index in [4.69, 9.17) is 9.41 Å². The number of rotatable bonds is 7. The van der Waals surface area contributed by atoms with Crippen LogP contribution in [0.3, 0.4) is 0 Å². The summed E-state index contributed by atoms with van der Waals surface area (Å²) < 4.78 is 7.22.